The summed E-state index contributed by atoms with van der Waals surface area (Å²) in [6.45, 7) is 0.532. The van der Waals surface area contributed by atoms with Gasteiger partial charge in [-0.15, -0.1) is 0 Å². The molecular formula is C14H19NO6. The number of ether oxygens (including phenoxy) is 1. The third-order valence-electron chi connectivity index (χ3n) is 2.83. The smallest absolute Gasteiger partial charge is 0.303 e. The maximum absolute atomic E-state index is 11.6. The van der Waals surface area contributed by atoms with Crippen LogP contribution in [0.25, 0.3) is 0 Å². The number of hydrogen-bond acceptors (Lipinski definition) is 5. The number of amides is 1. The zero-order valence-corrected chi connectivity index (χ0v) is 11.7. The molecule has 0 spiro atoms. The minimum Gasteiger partial charge on any atom is -0.492 e. The van der Waals surface area contributed by atoms with Crippen molar-refractivity contribution in [3.05, 3.63) is 29.8 Å². The molecular weight excluding hydrogens is 278 g/mol. The van der Waals surface area contributed by atoms with Crippen LogP contribution in [0.5, 0.6) is 5.75 Å². The van der Waals surface area contributed by atoms with Crippen molar-refractivity contribution in [2.24, 2.45) is 0 Å². The highest BCUT2D eigenvalue weighted by atomic mass is 16.5. The van der Waals surface area contributed by atoms with Crippen molar-refractivity contribution in [1.82, 2.24) is 4.90 Å². The number of nitrogens with zero attached hydrogens (tertiary/aromatic N) is 1. The highest BCUT2D eigenvalue weighted by Crippen LogP contribution is 2.17. The van der Waals surface area contributed by atoms with E-state index in [0.29, 0.717) is 17.9 Å². The fraction of sp³-hybridized carbons (Fsp3) is 0.429. The summed E-state index contributed by atoms with van der Waals surface area (Å²) in [6, 6.07) is 6.35. The third-order valence-corrected chi connectivity index (χ3v) is 2.83. The van der Waals surface area contributed by atoms with Gasteiger partial charge >= 0.3 is 5.97 Å². The number of carbonyl (C=O) groups excluding carboxylic acids is 1. The highest BCUT2D eigenvalue weighted by molar-refractivity contribution is 5.80. The van der Waals surface area contributed by atoms with E-state index in [9.17, 15) is 9.59 Å². The Labute approximate surface area is 122 Å². The first-order chi connectivity index (χ1) is 9.90. The van der Waals surface area contributed by atoms with Gasteiger partial charge in [0.25, 0.3) is 0 Å². The molecule has 0 radical (unpaired) electrons. The maximum Gasteiger partial charge on any atom is 0.303 e. The third kappa shape index (κ3) is 6.24. The molecule has 1 aromatic carbocycles. The molecule has 116 valence electrons. The van der Waals surface area contributed by atoms with E-state index in [0.717, 1.165) is 0 Å². The van der Waals surface area contributed by atoms with Gasteiger partial charge in [0.15, 0.2) is 6.29 Å². The number of carboxylic acids is 1. The van der Waals surface area contributed by atoms with Crippen molar-refractivity contribution in [3.63, 3.8) is 0 Å². The molecule has 0 fully saturated rings. The predicted molar refractivity (Wildman–Crippen MR) is 73.6 cm³/mol. The number of aliphatic hydroxyl groups is 2. The summed E-state index contributed by atoms with van der Waals surface area (Å²) in [5, 5.41) is 26.6. The maximum atomic E-state index is 11.6. The van der Waals surface area contributed by atoms with Crippen molar-refractivity contribution >= 4 is 11.9 Å². The predicted octanol–water partition coefficient (Wildman–Crippen LogP) is 0.372. The van der Waals surface area contributed by atoms with Crippen LogP contribution < -0.4 is 4.74 Å². The van der Waals surface area contributed by atoms with Gasteiger partial charge in [-0.2, -0.15) is 0 Å². The van der Waals surface area contributed by atoms with E-state index in [2.05, 4.69) is 0 Å². The Morgan fingerprint density at radius 1 is 1.29 bits per heavy atom. The second-order valence-corrected chi connectivity index (χ2v) is 4.50. The molecule has 0 saturated carbocycles. The molecule has 1 amide bonds. The topological polar surface area (TPSA) is 107 Å². The van der Waals surface area contributed by atoms with Crippen LogP contribution >= 0.6 is 0 Å². The summed E-state index contributed by atoms with van der Waals surface area (Å²) < 4.78 is 5.41. The average Bonchev–Trinajstić information content (AvgIpc) is 2.44. The first-order valence-corrected chi connectivity index (χ1v) is 6.45. The molecule has 3 N–H and O–H groups in total. The van der Waals surface area contributed by atoms with Crippen LogP contribution in [-0.4, -0.2) is 52.3 Å². The van der Waals surface area contributed by atoms with E-state index in [1.165, 1.54) is 11.0 Å². The number of aliphatic carboxylic acids is 1. The lowest BCUT2D eigenvalue weighted by Gasteiger charge is -2.17. The van der Waals surface area contributed by atoms with Crippen LogP contribution in [0, 0.1) is 0 Å². The molecule has 1 aromatic rings. The minimum absolute atomic E-state index is 0.0436. The van der Waals surface area contributed by atoms with Gasteiger partial charge in [-0.05, 0) is 12.1 Å². The molecule has 0 saturated heterocycles. The molecule has 7 nitrogen and oxygen atoms in total. The lowest BCUT2D eigenvalue weighted by Crippen LogP contribution is -2.31. The van der Waals surface area contributed by atoms with Gasteiger partial charge in [0.1, 0.15) is 12.4 Å². The SMILES string of the molecule is CN(CCOc1cccc(C(O)O)c1)C(=O)CCC(=O)O. The van der Waals surface area contributed by atoms with Gasteiger partial charge < -0.3 is 25.0 Å². The van der Waals surface area contributed by atoms with Crippen LogP contribution in [0.15, 0.2) is 24.3 Å². The van der Waals surface area contributed by atoms with Gasteiger partial charge in [-0.25, -0.2) is 0 Å². The quantitative estimate of drug-likeness (QED) is 0.598. The van der Waals surface area contributed by atoms with Gasteiger partial charge in [-0.3, -0.25) is 9.59 Å². The van der Waals surface area contributed by atoms with Crippen molar-refractivity contribution in [3.8, 4) is 5.75 Å². The van der Waals surface area contributed by atoms with Crippen molar-refractivity contribution in [2.45, 2.75) is 19.1 Å². The van der Waals surface area contributed by atoms with Gasteiger partial charge in [0, 0.05) is 19.0 Å². The van der Waals surface area contributed by atoms with Crippen molar-refractivity contribution in [1.29, 1.82) is 0 Å². The fourth-order valence-electron chi connectivity index (χ4n) is 1.59. The standard InChI is InChI=1S/C14H19NO6/c1-15(12(16)5-6-13(17)18)7-8-21-11-4-2-3-10(9-11)14(19)20/h2-4,9,14,19-20H,5-8H2,1H3,(H,17,18). The van der Waals surface area contributed by atoms with Crippen molar-refractivity contribution in [2.75, 3.05) is 20.2 Å². The number of likely N-dealkylation sites (N-methyl/N-ethyl adjacent to an activating group) is 1. The number of benzene rings is 1. The zero-order chi connectivity index (χ0) is 15.8. The number of rotatable bonds is 8. The lowest BCUT2D eigenvalue weighted by atomic mass is 10.2. The Kier molecular flexibility index (Phi) is 6.64. The van der Waals surface area contributed by atoms with E-state index in [1.54, 1.807) is 25.2 Å². The van der Waals surface area contributed by atoms with Crippen LogP contribution in [0.4, 0.5) is 0 Å². The summed E-state index contributed by atoms with van der Waals surface area (Å²) in [5.41, 5.74) is 0.318. The van der Waals surface area contributed by atoms with E-state index in [-0.39, 0.29) is 25.4 Å². The first kappa shape index (κ1) is 16.9. The molecule has 0 heterocycles. The van der Waals surface area contributed by atoms with Gasteiger partial charge in [-0.1, -0.05) is 12.1 Å². The first-order valence-electron chi connectivity index (χ1n) is 6.45. The van der Waals surface area contributed by atoms with Crippen LogP contribution in [0.1, 0.15) is 24.7 Å². The monoisotopic (exact) mass is 297 g/mol. The van der Waals surface area contributed by atoms with Gasteiger partial charge in [0.05, 0.1) is 13.0 Å². The Morgan fingerprint density at radius 3 is 2.62 bits per heavy atom. The van der Waals surface area contributed by atoms with Crippen LogP contribution in [-0.2, 0) is 9.59 Å². The molecule has 0 unspecified atom stereocenters. The summed E-state index contributed by atoms with van der Waals surface area (Å²) in [6.07, 6.45) is -1.80. The molecule has 0 aliphatic carbocycles. The summed E-state index contributed by atoms with van der Waals surface area (Å²) in [7, 11) is 1.57. The van der Waals surface area contributed by atoms with E-state index in [1.807, 2.05) is 0 Å². The summed E-state index contributed by atoms with van der Waals surface area (Å²) in [4.78, 5) is 23.3. The number of carbonyl (C=O) groups is 2. The van der Waals surface area contributed by atoms with E-state index in [4.69, 9.17) is 20.1 Å². The average molecular weight is 297 g/mol. The molecule has 0 aromatic heterocycles. The molecule has 1 rings (SSSR count). The number of carboxylic acid groups (broad SMARTS) is 1. The van der Waals surface area contributed by atoms with E-state index >= 15 is 0 Å². The Balaban J connectivity index is 2.37. The fourth-order valence-corrected chi connectivity index (χ4v) is 1.59. The largest absolute Gasteiger partial charge is 0.492 e. The summed E-state index contributed by atoms with van der Waals surface area (Å²) >= 11 is 0. The Morgan fingerprint density at radius 2 is 2.00 bits per heavy atom. The van der Waals surface area contributed by atoms with Crippen molar-refractivity contribution < 1.29 is 29.6 Å². The molecule has 21 heavy (non-hydrogen) atoms. The zero-order valence-electron chi connectivity index (χ0n) is 11.7. The van der Waals surface area contributed by atoms with Crippen LogP contribution in [0.2, 0.25) is 0 Å². The molecule has 0 atom stereocenters. The second kappa shape index (κ2) is 8.23. The molecule has 0 aliphatic heterocycles. The molecule has 0 bridgehead atoms. The second-order valence-electron chi connectivity index (χ2n) is 4.50. The van der Waals surface area contributed by atoms with E-state index < -0.39 is 12.3 Å². The Hall–Kier alpha value is -2.12. The number of aliphatic hydroxyl groups excluding tert-OH is 1. The van der Waals surface area contributed by atoms with Gasteiger partial charge in [0.2, 0.25) is 5.91 Å². The lowest BCUT2D eigenvalue weighted by molar-refractivity contribution is -0.140. The minimum atomic E-state index is -1.56. The Bertz CT molecular complexity index is 488. The highest BCUT2D eigenvalue weighted by Gasteiger charge is 2.11. The molecule has 7 heteroatoms. The number of hydrogen-bond donors (Lipinski definition) is 3. The van der Waals surface area contributed by atoms with Crippen LogP contribution in [0.3, 0.4) is 0 Å². The summed E-state index contributed by atoms with van der Waals surface area (Å²) in [5.74, 6) is -0.806. The molecule has 0 aliphatic rings. The normalized spacial score (nSPS) is 10.5.